The number of fused-ring (bicyclic) bond motifs is 1. The van der Waals surface area contributed by atoms with E-state index in [-0.39, 0.29) is 12.4 Å². The van der Waals surface area contributed by atoms with Crippen LogP contribution >= 0.6 is 0 Å². The van der Waals surface area contributed by atoms with E-state index >= 15 is 0 Å². The number of Topliss-reactive ketones (excluding diaryl/α,β-unsaturated/α-hetero) is 1. The second-order valence-corrected chi connectivity index (χ2v) is 5.32. The van der Waals surface area contributed by atoms with Crippen LogP contribution in [0.5, 0.6) is 5.75 Å². The van der Waals surface area contributed by atoms with Gasteiger partial charge < -0.3 is 9.15 Å². The normalized spacial score (nSPS) is 10.8. The number of carbonyl (C=O) groups excluding carboxylic acids is 1. The Morgan fingerprint density at radius 2 is 1.88 bits per heavy atom. The summed E-state index contributed by atoms with van der Waals surface area (Å²) in [6.45, 7) is 1.77. The summed E-state index contributed by atoms with van der Waals surface area (Å²) in [7, 11) is 0. The number of carbonyl (C=O) groups is 1. The first-order chi connectivity index (χ1) is 11.6. The highest BCUT2D eigenvalue weighted by Crippen LogP contribution is 2.23. The first kappa shape index (κ1) is 15.9. The van der Waals surface area contributed by atoms with Gasteiger partial charge in [-0.1, -0.05) is 6.92 Å². The topological polar surface area (TPSA) is 56.5 Å². The largest absolute Gasteiger partial charge is 0.485 e. The lowest BCUT2D eigenvalue weighted by molar-refractivity contribution is 0.0921. The fourth-order valence-electron chi connectivity index (χ4n) is 2.46. The molecular formula is C19H15FO4. The van der Waals surface area contributed by atoms with Crippen LogP contribution in [0.25, 0.3) is 11.0 Å². The molecule has 0 aliphatic carbocycles. The van der Waals surface area contributed by atoms with Gasteiger partial charge in [-0.25, -0.2) is 9.18 Å². The van der Waals surface area contributed by atoms with Crippen LogP contribution in [0.2, 0.25) is 0 Å². The number of aryl methyl sites for hydroxylation is 1. The summed E-state index contributed by atoms with van der Waals surface area (Å²) in [4.78, 5) is 23.6. The maximum absolute atomic E-state index is 12.9. The van der Waals surface area contributed by atoms with Crippen molar-refractivity contribution in [3.63, 3.8) is 0 Å². The number of halogens is 1. The van der Waals surface area contributed by atoms with Crippen molar-refractivity contribution >= 4 is 16.8 Å². The van der Waals surface area contributed by atoms with Crippen LogP contribution in [0.4, 0.5) is 4.39 Å². The Bertz CT molecular complexity index is 942. The van der Waals surface area contributed by atoms with Crippen molar-refractivity contribution < 1.29 is 18.3 Å². The molecule has 122 valence electrons. The molecule has 0 N–H and O–H groups in total. The number of ketones is 1. The Labute approximate surface area is 137 Å². The van der Waals surface area contributed by atoms with E-state index in [1.807, 2.05) is 6.92 Å². The molecule has 0 unspecified atom stereocenters. The molecule has 0 bridgehead atoms. The van der Waals surface area contributed by atoms with Gasteiger partial charge in [-0.3, -0.25) is 4.79 Å². The van der Waals surface area contributed by atoms with E-state index in [0.717, 1.165) is 10.9 Å². The molecule has 0 radical (unpaired) electrons. The van der Waals surface area contributed by atoms with E-state index in [4.69, 9.17) is 9.15 Å². The van der Waals surface area contributed by atoms with E-state index in [1.165, 1.54) is 30.3 Å². The molecule has 1 aromatic heterocycles. The summed E-state index contributed by atoms with van der Waals surface area (Å²) >= 11 is 0. The van der Waals surface area contributed by atoms with Gasteiger partial charge in [0.25, 0.3) is 0 Å². The summed E-state index contributed by atoms with van der Waals surface area (Å²) in [6.07, 6.45) is 0.714. The SMILES string of the molecule is CCc1cc(=O)oc2cc(OCC(=O)c3ccc(F)cc3)ccc12. The zero-order valence-electron chi connectivity index (χ0n) is 13.0. The number of benzene rings is 2. The highest BCUT2D eigenvalue weighted by atomic mass is 19.1. The van der Waals surface area contributed by atoms with Gasteiger partial charge >= 0.3 is 5.63 Å². The third-order valence-corrected chi connectivity index (χ3v) is 3.72. The van der Waals surface area contributed by atoms with Gasteiger partial charge in [0, 0.05) is 23.1 Å². The summed E-state index contributed by atoms with van der Waals surface area (Å²) in [5.41, 5.74) is 1.28. The molecule has 0 spiro atoms. The van der Waals surface area contributed by atoms with Gasteiger partial charge in [-0.2, -0.15) is 0 Å². The molecule has 4 nitrogen and oxygen atoms in total. The lowest BCUT2D eigenvalue weighted by atomic mass is 10.1. The quantitative estimate of drug-likeness (QED) is 0.529. The van der Waals surface area contributed by atoms with Crippen LogP contribution < -0.4 is 10.4 Å². The highest BCUT2D eigenvalue weighted by Gasteiger charge is 2.09. The number of rotatable bonds is 5. The lowest BCUT2D eigenvalue weighted by Gasteiger charge is -2.08. The van der Waals surface area contributed by atoms with E-state index in [9.17, 15) is 14.0 Å². The fourth-order valence-corrected chi connectivity index (χ4v) is 2.46. The minimum Gasteiger partial charge on any atom is -0.485 e. The summed E-state index contributed by atoms with van der Waals surface area (Å²) in [5, 5.41) is 0.842. The van der Waals surface area contributed by atoms with E-state index in [2.05, 4.69) is 0 Å². The van der Waals surface area contributed by atoms with Crippen LogP contribution in [-0.2, 0) is 6.42 Å². The Hall–Kier alpha value is -2.95. The zero-order valence-corrected chi connectivity index (χ0v) is 13.0. The summed E-state index contributed by atoms with van der Waals surface area (Å²) < 4.78 is 23.5. The molecule has 0 aliphatic heterocycles. The summed E-state index contributed by atoms with van der Waals surface area (Å²) in [6, 6.07) is 11.9. The smallest absolute Gasteiger partial charge is 0.336 e. The first-order valence-corrected chi connectivity index (χ1v) is 7.55. The minimum atomic E-state index is -0.418. The fraction of sp³-hybridized carbons (Fsp3) is 0.158. The first-order valence-electron chi connectivity index (χ1n) is 7.55. The molecule has 0 aliphatic rings. The van der Waals surface area contributed by atoms with Crippen LogP contribution in [-0.4, -0.2) is 12.4 Å². The number of hydrogen-bond acceptors (Lipinski definition) is 4. The standard InChI is InChI=1S/C19H15FO4/c1-2-12-9-19(22)24-18-10-15(7-8-16(12)18)23-11-17(21)13-3-5-14(20)6-4-13/h3-10H,2,11H2,1H3. The van der Waals surface area contributed by atoms with Gasteiger partial charge in [0.2, 0.25) is 0 Å². The van der Waals surface area contributed by atoms with E-state index in [1.54, 1.807) is 18.2 Å². The Morgan fingerprint density at radius 3 is 2.58 bits per heavy atom. The van der Waals surface area contributed by atoms with Crippen LogP contribution in [0, 0.1) is 5.82 Å². The van der Waals surface area contributed by atoms with Crippen LogP contribution in [0.1, 0.15) is 22.8 Å². The molecule has 0 saturated carbocycles. The van der Waals surface area contributed by atoms with Crippen LogP contribution in [0.3, 0.4) is 0 Å². The van der Waals surface area contributed by atoms with Gasteiger partial charge in [-0.15, -0.1) is 0 Å². The van der Waals surface area contributed by atoms with Crippen molar-refractivity contribution in [2.75, 3.05) is 6.61 Å². The predicted molar refractivity (Wildman–Crippen MR) is 88.1 cm³/mol. The Kier molecular flexibility index (Phi) is 4.42. The van der Waals surface area contributed by atoms with Crippen LogP contribution in [0.15, 0.2) is 57.7 Å². The highest BCUT2D eigenvalue weighted by molar-refractivity contribution is 5.97. The van der Waals surface area contributed by atoms with Gasteiger partial charge in [0.15, 0.2) is 12.4 Å². The van der Waals surface area contributed by atoms with Crippen molar-refractivity contribution in [2.24, 2.45) is 0 Å². The molecule has 24 heavy (non-hydrogen) atoms. The minimum absolute atomic E-state index is 0.186. The monoisotopic (exact) mass is 326 g/mol. The molecule has 3 aromatic rings. The predicted octanol–water partition coefficient (Wildman–Crippen LogP) is 3.76. The molecular weight excluding hydrogens is 311 g/mol. The zero-order chi connectivity index (χ0) is 17.1. The average Bonchev–Trinajstić information content (AvgIpc) is 2.59. The molecule has 5 heteroatoms. The molecule has 0 fully saturated rings. The second kappa shape index (κ2) is 6.66. The van der Waals surface area contributed by atoms with Gasteiger partial charge in [-0.05, 0) is 48.4 Å². The maximum Gasteiger partial charge on any atom is 0.336 e. The molecule has 0 saturated heterocycles. The molecule has 0 amide bonds. The third kappa shape index (κ3) is 3.35. The van der Waals surface area contributed by atoms with Crippen molar-refractivity contribution in [3.05, 3.63) is 75.9 Å². The van der Waals surface area contributed by atoms with Crippen molar-refractivity contribution in [3.8, 4) is 5.75 Å². The van der Waals surface area contributed by atoms with Crippen molar-refractivity contribution in [1.82, 2.24) is 0 Å². The third-order valence-electron chi connectivity index (χ3n) is 3.72. The maximum atomic E-state index is 12.9. The number of ether oxygens (including phenoxy) is 1. The molecule has 1 heterocycles. The van der Waals surface area contributed by atoms with Crippen molar-refractivity contribution in [2.45, 2.75) is 13.3 Å². The van der Waals surface area contributed by atoms with Crippen molar-refractivity contribution in [1.29, 1.82) is 0 Å². The molecule has 3 rings (SSSR count). The Balaban J connectivity index is 1.79. The lowest BCUT2D eigenvalue weighted by Crippen LogP contribution is -2.11. The average molecular weight is 326 g/mol. The second-order valence-electron chi connectivity index (χ2n) is 5.32. The molecule has 0 atom stereocenters. The molecule has 2 aromatic carbocycles. The van der Waals surface area contributed by atoms with Gasteiger partial charge in [0.1, 0.15) is 17.1 Å². The Morgan fingerprint density at radius 1 is 1.12 bits per heavy atom. The van der Waals surface area contributed by atoms with Gasteiger partial charge in [0.05, 0.1) is 0 Å². The van der Waals surface area contributed by atoms with E-state index in [0.29, 0.717) is 23.3 Å². The number of hydrogen-bond donors (Lipinski definition) is 0. The summed E-state index contributed by atoms with van der Waals surface area (Å²) in [5.74, 6) is -0.239. The van der Waals surface area contributed by atoms with E-state index < -0.39 is 11.4 Å².